The first-order valence-corrected chi connectivity index (χ1v) is 5.70. The van der Waals surface area contributed by atoms with Crippen molar-refractivity contribution >= 4 is 5.69 Å². The van der Waals surface area contributed by atoms with Gasteiger partial charge in [-0.1, -0.05) is 0 Å². The monoisotopic (exact) mass is 220 g/mol. The van der Waals surface area contributed by atoms with E-state index in [0.29, 0.717) is 5.69 Å². The highest BCUT2D eigenvalue weighted by Crippen LogP contribution is 2.41. The summed E-state index contributed by atoms with van der Waals surface area (Å²) in [5.74, 6) is 0.182. The Bertz CT molecular complexity index is 433. The number of aromatic hydroxyl groups is 1. The van der Waals surface area contributed by atoms with E-state index in [1.165, 1.54) is 6.07 Å². The summed E-state index contributed by atoms with van der Waals surface area (Å²) in [6, 6.07) is 3.44. The van der Waals surface area contributed by atoms with Crippen molar-refractivity contribution in [3.05, 3.63) is 23.3 Å². The van der Waals surface area contributed by atoms with Gasteiger partial charge in [-0.15, -0.1) is 0 Å². The van der Waals surface area contributed by atoms with Crippen molar-refractivity contribution in [3.8, 4) is 5.75 Å². The van der Waals surface area contributed by atoms with E-state index in [-0.39, 0.29) is 11.8 Å². The number of benzene rings is 1. The molecule has 0 radical (unpaired) electrons. The second-order valence-corrected chi connectivity index (χ2v) is 4.73. The van der Waals surface area contributed by atoms with Crippen LogP contribution in [-0.4, -0.2) is 27.7 Å². The molecule has 1 aromatic carbocycles. The fourth-order valence-corrected chi connectivity index (χ4v) is 3.03. The largest absolute Gasteiger partial charge is 0.508 e. The van der Waals surface area contributed by atoms with Gasteiger partial charge in [0.1, 0.15) is 5.75 Å². The average Bonchev–Trinajstić information content (AvgIpc) is 2.64. The molecule has 1 unspecified atom stereocenters. The number of hydrogen-bond acceptors (Lipinski definition) is 4. The van der Waals surface area contributed by atoms with Crippen LogP contribution in [0.5, 0.6) is 5.75 Å². The minimum Gasteiger partial charge on any atom is -0.508 e. The van der Waals surface area contributed by atoms with Crippen LogP contribution < -0.4 is 5.73 Å². The van der Waals surface area contributed by atoms with Crippen LogP contribution in [0.2, 0.25) is 0 Å². The molecular weight excluding hydrogens is 204 g/mol. The minimum absolute atomic E-state index is 0.182. The molecule has 0 saturated carbocycles. The standard InChI is InChI=1S/C12H16N2O2/c13-9-5-8(15)4-7-6-14-3-1-2-10(14)12(16)11(7)9/h4-5,10,12,15-16H,1-3,6,13H2/t10-,12?/m0/s1. The molecule has 4 heteroatoms. The van der Waals surface area contributed by atoms with Crippen molar-refractivity contribution < 1.29 is 10.2 Å². The lowest BCUT2D eigenvalue weighted by atomic mass is 9.90. The van der Waals surface area contributed by atoms with E-state index in [1.54, 1.807) is 6.07 Å². The summed E-state index contributed by atoms with van der Waals surface area (Å²) in [6.45, 7) is 1.81. The highest BCUT2D eigenvalue weighted by molar-refractivity contribution is 5.57. The van der Waals surface area contributed by atoms with Gasteiger partial charge in [-0.25, -0.2) is 0 Å². The van der Waals surface area contributed by atoms with E-state index in [4.69, 9.17) is 5.73 Å². The van der Waals surface area contributed by atoms with E-state index in [0.717, 1.165) is 37.1 Å². The molecular formula is C12H16N2O2. The summed E-state index contributed by atoms with van der Waals surface area (Å²) in [6.07, 6.45) is 1.65. The molecule has 1 fully saturated rings. The fraction of sp³-hybridized carbons (Fsp3) is 0.500. The predicted molar refractivity (Wildman–Crippen MR) is 60.9 cm³/mol. The average molecular weight is 220 g/mol. The molecule has 0 bridgehead atoms. The number of aliphatic hydroxyl groups excluding tert-OH is 1. The number of anilines is 1. The molecule has 2 aliphatic heterocycles. The van der Waals surface area contributed by atoms with Gasteiger partial charge in [0.05, 0.1) is 6.10 Å². The van der Waals surface area contributed by atoms with Crippen LogP contribution in [0.15, 0.2) is 12.1 Å². The number of phenolic OH excluding ortho intramolecular Hbond substituents is 1. The number of fused-ring (bicyclic) bond motifs is 2. The number of nitrogen functional groups attached to an aromatic ring is 1. The van der Waals surface area contributed by atoms with Crippen molar-refractivity contribution in [2.45, 2.75) is 31.5 Å². The molecule has 1 aromatic rings. The first kappa shape index (κ1) is 9.93. The maximum Gasteiger partial charge on any atom is 0.117 e. The number of hydrogen-bond donors (Lipinski definition) is 3. The van der Waals surface area contributed by atoms with E-state index in [2.05, 4.69) is 4.90 Å². The molecule has 2 heterocycles. The molecule has 0 aromatic heterocycles. The molecule has 0 amide bonds. The Morgan fingerprint density at radius 1 is 1.38 bits per heavy atom. The van der Waals surface area contributed by atoms with Crippen LogP contribution in [0.1, 0.15) is 30.1 Å². The van der Waals surface area contributed by atoms with Gasteiger partial charge >= 0.3 is 0 Å². The zero-order chi connectivity index (χ0) is 11.3. The lowest BCUT2D eigenvalue weighted by molar-refractivity contribution is 0.0539. The van der Waals surface area contributed by atoms with E-state index >= 15 is 0 Å². The van der Waals surface area contributed by atoms with Gasteiger partial charge in [0.25, 0.3) is 0 Å². The quantitative estimate of drug-likeness (QED) is 0.570. The molecule has 16 heavy (non-hydrogen) atoms. The smallest absolute Gasteiger partial charge is 0.117 e. The molecule has 1 saturated heterocycles. The molecule has 3 rings (SSSR count). The van der Waals surface area contributed by atoms with Crippen LogP contribution >= 0.6 is 0 Å². The summed E-state index contributed by atoms with van der Waals surface area (Å²) in [7, 11) is 0. The van der Waals surface area contributed by atoms with Gasteiger partial charge in [-0.3, -0.25) is 4.90 Å². The third kappa shape index (κ3) is 1.30. The summed E-state index contributed by atoms with van der Waals surface area (Å²) < 4.78 is 0. The molecule has 0 spiro atoms. The Morgan fingerprint density at radius 2 is 2.19 bits per heavy atom. The molecule has 0 aliphatic carbocycles. The van der Waals surface area contributed by atoms with E-state index in [1.807, 2.05) is 0 Å². The lowest BCUT2D eigenvalue weighted by Gasteiger charge is -2.36. The van der Waals surface area contributed by atoms with E-state index < -0.39 is 6.10 Å². The van der Waals surface area contributed by atoms with Crippen LogP contribution in [0.25, 0.3) is 0 Å². The summed E-state index contributed by atoms with van der Waals surface area (Å²) in [5.41, 5.74) is 8.17. The lowest BCUT2D eigenvalue weighted by Crippen LogP contribution is -2.39. The topological polar surface area (TPSA) is 69.7 Å². The Hall–Kier alpha value is -1.26. The summed E-state index contributed by atoms with van der Waals surface area (Å²) >= 11 is 0. The van der Waals surface area contributed by atoms with Gasteiger partial charge in [0, 0.05) is 29.9 Å². The second kappa shape index (κ2) is 3.37. The van der Waals surface area contributed by atoms with Gasteiger partial charge in [0.2, 0.25) is 0 Å². The maximum atomic E-state index is 10.3. The number of phenols is 1. The summed E-state index contributed by atoms with van der Waals surface area (Å²) in [4.78, 5) is 2.27. The van der Waals surface area contributed by atoms with Crippen molar-refractivity contribution in [1.29, 1.82) is 0 Å². The Kier molecular flexibility index (Phi) is 2.09. The normalized spacial score (nSPS) is 28.8. The Balaban J connectivity index is 2.10. The van der Waals surface area contributed by atoms with E-state index in [9.17, 15) is 10.2 Å². The molecule has 86 valence electrons. The third-order valence-corrected chi connectivity index (χ3v) is 3.73. The van der Waals surface area contributed by atoms with Crippen molar-refractivity contribution in [1.82, 2.24) is 4.90 Å². The van der Waals surface area contributed by atoms with Crippen molar-refractivity contribution in [2.75, 3.05) is 12.3 Å². The van der Waals surface area contributed by atoms with Gasteiger partial charge in [0.15, 0.2) is 0 Å². The third-order valence-electron chi connectivity index (χ3n) is 3.73. The van der Waals surface area contributed by atoms with Crippen LogP contribution in [-0.2, 0) is 6.54 Å². The van der Waals surface area contributed by atoms with Crippen molar-refractivity contribution in [3.63, 3.8) is 0 Å². The molecule has 4 N–H and O–H groups in total. The second-order valence-electron chi connectivity index (χ2n) is 4.73. The van der Waals surface area contributed by atoms with Crippen LogP contribution in [0.4, 0.5) is 5.69 Å². The van der Waals surface area contributed by atoms with Crippen LogP contribution in [0.3, 0.4) is 0 Å². The number of aliphatic hydroxyl groups is 1. The zero-order valence-corrected chi connectivity index (χ0v) is 9.06. The maximum absolute atomic E-state index is 10.3. The first-order chi connectivity index (χ1) is 7.66. The highest BCUT2D eigenvalue weighted by Gasteiger charge is 2.37. The minimum atomic E-state index is -0.508. The predicted octanol–water partition coefficient (Wildman–Crippen LogP) is 0.986. The molecule has 4 nitrogen and oxygen atoms in total. The first-order valence-electron chi connectivity index (χ1n) is 5.70. The molecule has 2 aliphatic rings. The fourth-order valence-electron chi connectivity index (χ4n) is 3.03. The Labute approximate surface area is 94.3 Å². The van der Waals surface area contributed by atoms with Crippen molar-refractivity contribution in [2.24, 2.45) is 0 Å². The van der Waals surface area contributed by atoms with Gasteiger partial charge in [-0.2, -0.15) is 0 Å². The SMILES string of the molecule is Nc1cc(O)cc2c1C(O)[C@@H]1CCCN1C2. The molecule has 2 atom stereocenters. The van der Waals surface area contributed by atoms with Crippen LogP contribution in [0, 0.1) is 0 Å². The Morgan fingerprint density at radius 3 is 3.00 bits per heavy atom. The zero-order valence-electron chi connectivity index (χ0n) is 9.06. The summed E-state index contributed by atoms with van der Waals surface area (Å²) in [5, 5.41) is 19.8. The number of nitrogens with zero attached hydrogens (tertiary/aromatic N) is 1. The van der Waals surface area contributed by atoms with Gasteiger partial charge < -0.3 is 15.9 Å². The highest BCUT2D eigenvalue weighted by atomic mass is 16.3. The number of rotatable bonds is 0. The number of nitrogens with two attached hydrogens (primary N) is 1. The van der Waals surface area contributed by atoms with Gasteiger partial charge in [-0.05, 0) is 31.0 Å².